The predicted molar refractivity (Wildman–Crippen MR) is 99.6 cm³/mol. The highest BCUT2D eigenvalue weighted by molar-refractivity contribution is 5.92. The van der Waals surface area contributed by atoms with Gasteiger partial charge >= 0.3 is 5.97 Å². The summed E-state index contributed by atoms with van der Waals surface area (Å²) < 4.78 is 5.12. The number of carbonyl (C=O) groups is 2. The van der Waals surface area contributed by atoms with Crippen molar-refractivity contribution in [3.8, 4) is 17.3 Å². The van der Waals surface area contributed by atoms with E-state index in [9.17, 15) is 14.9 Å². The second-order valence-corrected chi connectivity index (χ2v) is 6.72. The van der Waals surface area contributed by atoms with Crippen LogP contribution < -0.4 is 5.32 Å². The van der Waals surface area contributed by atoms with Crippen molar-refractivity contribution in [2.75, 3.05) is 6.61 Å². The largest absolute Gasteiger partial charge is 0.452 e. The van der Waals surface area contributed by atoms with Crippen LogP contribution in [0, 0.1) is 18.3 Å². The molecule has 6 nitrogen and oxygen atoms in total. The number of rotatable bonds is 5. The van der Waals surface area contributed by atoms with E-state index in [0.717, 1.165) is 24.1 Å². The minimum absolute atomic E-state index is 0.318. The first kappa shape index (κ1) is 18.6. The molecular formula is C21H21N3O3. The zero-order chi connectivity index (χ0) is 19.3. The highest BCUT2D eigenvalue weighted by Gasteiger charge is 2.35. The lowest BCUT2D eigenvalue weighted by Crippen LogP contribution is -2.46. The minimum atomic E-state index is -0.821. The maximum absolute atomic E-state index is 12.3. The molecule has 1 aliphatic carbocycles. The standard InChI is InChI=1S/C21H21N3O3/c1-15-17(9-10-18(23-15)16-7-3-2-4-8-16)20(26)27-13-19(25)24-21(14-22)11-5-6-12-21/h2-4,7-10H,5-6,11-13H2,1H3,(H,24,25). The van der Waals surface area contributed by atoms with Gasteiger partial charge in [-0.2, -0.15) is 5.26 Å². The van der Waals surface area contributed by atoms with E-state index >= 15 is 0 Å². The summed E-state index contributed by atoms with van der Waals surface area (Å²) >= 11 is 0. The van der Waals surface area contributed by atoms with Gasteiger partial charge in [-0.3, -0.25) is 9.78 Å². The van der Waals surface area contributed by atoms with Crippen LogP contribution in [-0.4, -0.2) is 29.0 Å². The van der Waals surface area contributed by atoms with Gasteiger partial charge in [-0.15, -0.1) is 0 Å². The Balaban J connectivity index is 1.61. The SMILES string of the molecule is Cc1nc(-c2ccccc2)ccc1C(=O)OCC(=O)NC1(C#N)CCCC1. The highest BCUT2D eigenvalue weighted by Crippen LogP contribution is 2.28. The zero-order valence-corrected chi connectivity index (χ0v) is 15.2. The average Bonchev–Trinajstić information content (AvgIpc) is 3.15. The Morgan fingerprint density at radius 1 is 1.19 bits per heavy atom. The molecule has 1 aromatic heterocycles. The van der Waals surface area contributed by atoms with Gasteiger partial charge in [-0.05, 0) is 44.7 Å². The molecule has 1 heterocycles. The number of nitriles is 1. The van der Waals surface area contributed by atoms with Crippen molar-refractivity contribution in [3.05, 3.63) is 53.7 Å². The first-order valence-electron chi connectivity index (χ1n) is 8.95. The van der Waals surface area contributed by atoms with Crippen LogP contribution in [0.25, 0.3) is 11.3 Å². The van der Waals surface area contributed by atoms with Gasteiger partial charge in [0.2, 0.25) is 0 Å². The molecule has 1 saturated carbocycles. The number of ether oxygens (including phenoxy) is 1. The third kappa shape index (κ3) is 4.32. The summed E-state index contributed by atoms with van der Waals surface area (Å²) in [6.45, 7) is 1.31. The molecule has 0 unspecified atom stereocenters. The Hall–Kier alpha value is -3.20. The van der Waals surface area contributed by atoms with Crippen LogP contribution in [0.4, 0.5) is 0 Å². The lowest BCUT2D eigenvalue weighted by atomic mass is 10.00. The Morgan fingerprint density at radius 2 is 1.89 bits per heavy atom. The van der Waals surface area contributed by atoms with Crippen molar-refractivity contribution >= 4 is 11.9 Å². The normalized spacial score (nSPS) is 15.0. The minimum Gasteiger partial charge on any atom is -0.452 e. The fourth-order valence-electron chi connectivity index (χ4n) is 3.30. The van der Waals surface area contributed by atoms with E-state index in [0.29, 0.717) is 24.1 Å². The number of esters is 1. The Morgan fingerprint density at radius 3 is 2.52 bits per heavy atom. The van der Waals surface area contributed by atoms with E-state index in [2.05, 4.69) is 16.4 Å². The maximum atomic E-state index is 12.3. The van der Waals surface area contributed by atoms with Gasteiger partial charge in [-0.1, -0.05) is 30.3 Å². The van der Waals surface area contributed by atoms with E-state index in [1.54, 1.807) is 19.1 Å². The number of nitrogens with zero attached hydrogens (tertiary/aromatic N) is 2. The third-order valence-electron chi connectivity index (χ3n) is 4.76. The molecule has 1 amide bonds. The van der Waals surface area contributed by atoms with Crippen molar-refractivity contribution in [1.29, 1.82) is 5.26 Å². The van der Waals surface area contributed by atoms with Crippen LogP contribution in [0.15, 0.2) is 42.5 Å². The lowest BCUT2D eigenvalue weighted by Gasteiger charge is -2.21. The summed E-state index contributed by atoms with van der Waals surface area (Å²) in [5.74, 6) is -1.06. The summed E-state index contributed by atoms with van der Waals surface area (Å²) in [5, 5.41) is 12.0. The molecule has 0 spiro atoms. The van der Waals surface area contributed by atoms with Crippen LogP contribution in [0.3, 0.4) is 0 Å². The molecule has 0 saturated heterocycles. The summed E-state index contributed by atoms with van der Waals surface area (Å²) in [6, 6.07) is 15.2. The predicted octanol–water partition coefficient (Wildman–Crippen LogP) is 3.17. The monoisotopic (exact) mass is 363 g/mol. The Bertz CT molecular complexity index is 881. The van der Waals surface area contributed by atoms with Gasteiger partial charge in [-0.25, -0.2) is 4.79 Å². The molecule has 0 radical (unpaired) electrons. The molecule has 0 bridgehead atoms. The van der Waals surface area contributed by atoms with Gasteiger partial charge in [0.15, 0.2) is 6.61 Å². The van der Waals surface area contributed by atoms with E-state index < -0.39 is 24.0 Å². The molecule has 1 fully saturated rings. The van der Waals surface area contributed by atoms with Crippen molar-refractivity contribution in [3.63, 3.8) is 0 Å². The number of aromatic nitrogens is 1. The number of pyridine rings is 1. The molecule has 0 atom stereocenters. The molecule has 138 valence electrons. The van der Waals surface area contributed by atoms with Gasteiger partial charge in [0, 0.05) is 5.56 Å². The second-order valence-electron chi connectivity index (χ2n) is 6.72. The summed E-state index contributed by atoms with van der Waals surface area (Å²) in [4.78, 5) is 28.8. The Kier molecular flexibility index (Phi) is 5.51. The number of aryl methyl sites for hydroxylation is 1. The van der Waals surface area contributed by atoms with Crippen molar-refractivity contribution in [1.82, 2.24) is 10.3 Å². The van der Waals surface area contributed by atoms with Gasteiger partial charge in [0.25, 0.3) is 5.91 Å². The third-order valence-corrected chi connectivity index (χ3v) is 4.76. The van der Waals surface area contributed by atoms with Gasteiger partial charge in [0.05, 0.1) is 23.0 Å². The van der Waals surface area contributed by atoms with E-state index in [4.69, 9.17) is 4.74 Å². The van der Waals surface area contributed by atoms with Gasteiger partial charge in [0.1, 0.15) is 5.54 Å². The van der Waals surface area contributed by atoms with Crippen molar-refractivity contribution in [2.24, 2.45) is 0 Å². The number of hydrogen-bond acceptors (Lipinski definition) is 5. The van der Waals surface area contributed by atoms with Crippen LogP contribution in [0.2, 0.25) is 0 Å². The first-order chi connectivity index (χ1) is 13.0. The van der Waals surface area contributed by atoms with E-state index in [1.165, 1.54) is 0 Å². The second kappa shape index (κ2) is 8.00. The van der Waals surface area contributed by atoms with Gasteiger partial charge < -0.3 is 10.1 Å². The molecule has 6 heteroatoms. The fourth-order valence-corrected chi connectivity index (χ4v) is 3.30. The lowest BCUT2D eigenvalue weighted by molar-refractivity contribution is -0.125. The zero-order valence-electron chi connectivity index (χ0n) is 15.2. The highest BCUT2D eigenvalue weighted by atomic mass is 16.5. The van der Waals surface area contributed by atoms with E-state index in [1.807, 2.05) is 30.3 Å². The smallest absolute Gasteiger partial charge is 0.340 e. The quantitative estimate of drug-likeness (QED) is 0.824. The maximum Gasteiger partial charge on any atom is 0.340 e. The first-order valence-corrected chi connectivity index (χ1v) is 8.95. The number of benzene rings is 1. The number of carbonyl (C=O) groups excluding carboxylic acids is 2. The molecule has 0 aliphatic heterocycles. The summed E-state index contributed by atoms with van der Waals surface area (Å²) in [7, 11) is 0. The summed E-state index contributed by atoms with van der Waals surface area (Å²) in [6.07, 6.45) is 3.08. The van der Waals surface area contributed by atoms with Crippen LogP contribution in [0.1, 0.15) is 41.7 Å². The van der Waals surface area contributed by atoms with E-state index in [-0.39, 0.29) is 0 Å². The molecule has 1 aliphatic rings. The van der Waals surface area contributed by atoms with Crippen molar-refractivity contribution in [2.45, 2.75) is 38.1 Å². The van der Waals surface area contributed by atoms with Crippen LogP contribution >= 0.6 is 0 Å². The molecular weight excluding hydrogens is 342 g/mol. The Labute approximate surface area is 158 Å². The number of hydrogen-bond donors (Lipinski definition) is 1. The molecule has 1 N–H and O–H groups in total. The molecule has 2 aromatic rings. The topological polar surface area (TPSA) is 92.1 Å². The number of amides is 1. The van der Waals surface area contributed by atoms with Crippen LogP contribution in [-0.2, 0) is 9.53 Å². The average molecular weight is 363 g/mol. The molecule has 1 aromatic carbocycles. The fraction of sp³-hybridized carbons (Fsp3) is 0.333. The van der Waals surface area contributed by atoms with Crippen LogP contribution in [0.5, 0.6) is 0 Å². The number of nitrogens with one attached hydrogen (secondary N) is 1. The molecule has 27 heavy (non-hydrogen) atoms. The molecule has 3 rings (SSSR count). The summed E-state index contributed by atoms with van der Waals surface area (Å²) in [5.41, 5.74) is 1.75. The van der Waals surface area contributed by atoms with Crippen molar-refractivity contribution < 1.29 is 14.3 Å².